The van der Waals surface area contributed by atoms with Crippen molar-refractivity contribution in [2.75, 3.05) is 18.5 Å². The van der Waals surface area contributed by atoms with E-state index in [0.29, 0.717) is 5.69 Å². The first kappa shape index (κ1) is 14.5. The van der Waals surface area contributed by atoms with Crippen molar-refractivity contribution in [3.05, 3.63) is 11.3 Å². The zero-order valence-electron chi connectivity index (χ0n) is 11.8. The summed E-state index contributed by atoms with van der Waals surface area (Å²) in [4.78, 5) is 24.0. The van der Waals surface area contributed by atoms with E-state index in [2.05, 4.69) is 20.8 Å². The van der Waals surface area contributed by atoms with Gasteiger partial charge in [0.2, 0.25) is 5.91 Å². The van der Waals surface area contributed by atoms with Crippen molar-refractivity contribution in [2.45, 2.75) is 39.2 Å². The molecule has 7 nitrogen and oxygen atoms in total. The third-order valence-electron chi connectivity index (χ3n) is 3.30. The maximum absolute atomic E-state index is 12.1. The van der Waals surface area contributed by atoms with E-state index in [1.807, 2.05) is 0 Å². The van der Waals surface area contributed by atoms with E-state index in [1.54, 1.807) is 13.8 Å². The van der Waals surface area contributed by atoms with Crippen LogP contribution < -0.4 is 10.6 Å². The summed E-state index contributed by atoms with van der Waals surface area (Å²) in [5, 5.41) is 12.5. The number of rotatable bonds is 4. The minimum absolute atomic E-state index is 0.165. The lowest BCUT2D eigenvalue weighted by Gasteiger charge is -2.22. The predicted molar refractivity (Wildman–Crippen MR) is 73.6 cm³/mol. The number of esters is 1. The number of ether oxygens (including phenoxy) is 1. The van der Waals surface area contributed by atoms with Gasteiger partial charge in [-0.25, -0.2) is 4.79 Å². The average Bonchev–Trinajstić information content (AvgIpc) is 2.81. The van der Waals surface area contributed by atoms with Crippen LogP contribution in [0.3, 0.4) is 0 Å². The SMILES string of the molecule is CCOC(=O)c1c(NC(=O)C2CCCCN2)n[nH]c1C. The molecule has 7 heteroatoms. The van der Waals surface area contributed by atoms with Crippen LogP contribution >= 0.6 is 0 Å². The van der Waals surface area contributed by atoms with Crippen molar-refractivity contribution in [1.29, 1.82) is 0 Å². The van der Waals surface area contributed by atoms with E-state index in [9.17, 15) is 9.59 Å². The number of aromatic amines is 1. The molecular weight excluding hydrogens is 260 g/mol. The minimum atomic E-state index is -0.481. The van der Waals surface area contributed by atoms with Crippen LogP contribution in [0.15, 0.2) is 0 Å². The molecule has 1 aliphatic rings. The summed E-state index contributed by atoms with van der Waals surface area (Å²) in [5.74, 6) is -0.411. The molecule has 1 aromatic rings. The number of nitrogens with one attached hydrogen (secondary N) is 3. The Bertz CT molecular complexity index is 492. The molecule has 3 N–H and O–H groups in total. The quantitative estimate of drug-likeness (QED) is 0.714. The molecule has 110 valence electrons. The Labute approximate surface area is 117 Å². The number of aryl methyl sites for hydroxylation is 1. The third-order valence-corrected chi connectivity index (χ3v) is 3.30. The van der Waals surface area contributed by atoms with Gasteiger partial charge >= 0.3 is 5.97 Å². The molecule has 0 radical (unpaired) electrons. The van der Waals surface area contributed by atoms with Crippen LogP contribution in [0.5, 0.6) is 0 Å². The zero-order valence-corrected chi connectivity index (χ0v) is 11.8. The topological polar surface area (TPSA) is 96.1 Å². The summed E-state index contributed by atoms with van der Waals surface area (Å²) in [6.45, 7) is 4.56. The second-order valence-electron chi connectivity index (χ2n) is 4.78. The molecule has 0 spiro atoms. The van der Waals surface area contributed by atoms with E-state index < -0.39 is 5.97 Å². The lowest BCUT2D eigenvalue weighted by Crippen LogP contribution is -2.43. The minimum Gasteiger partial charge on any atom is -0.462 e. The number of hydrogen-bond donors (Lipinski definition) is 3. The van der Waals surface area contributed by atoms with Gasteiger partial charge in [0.05, 0.1) is 12.6 Å². The fraction of sp³-hybridized carbons (Fsp3) is 0.615. The van der Waals surface area contributed by atoms with E-state index in [4.69, 9.17) is 4.74 Å². The van der Waals surface area contributed by atoms with Crippen LogP contribution in [0.2, 0.25) is 0 Å². The van der Waals surface area contributed by atoms with Gasteiger partial charge < -0.3 is 15.4 Å². The van der Waals surface area contributed by atoms with Crippen molar-refractivity contribution in [3.8, 4) is 0 Å². The van der Waals surface area contributed by atoms with Crippen molar-refractivity contribution >= 4 is 17.7 Å². The molecule has 0 aromatic carbocycles. The third kappa shape index (κ3) is 3.16. The number of anilines is 1. The summed E-state index contributed by atoms with van der Waals surface area (Å²) < 4.78 is 4.97. The van der Waals surface area contributed by atoms with Crippen LogP contribution in [-0.2, 0) is 9.53 Å². The van der Waals surface area contributed by atoms with E-state index in [0.717, 1.165) is 25.8 Å². The monoisotopic (exact) mass is 280 g/mol. The number of carbonyl (C=O) groups is 2. The molecule has 1 fully saturated rings. The van der Waals surface area contributed by atoms with Gasteiger partial charge in [-0.15, -0.1) is 0 Å². The molecule has 1 saturated heterocycles. The Balaban J connectivity index is 2.09. The molecule has 1 unspecified atom stereocenters. The predicted octanol–water partition coefficient (Wildman–Crippen LogP) is 0.975. The first-order chi connectivity index (χ1) is 9.63. The van der Waals surface area contributed by atoms with E-state index >= 15 is 0 Å². The lowest BCUT2D eigenvalue weighted by molar-refractivity contribution is -0.118. The second-order valence-corrected chi connectivity index (χ2v) is 4.78. The van der Waals surface area contributed by atoms with Crippen molar-refractivity contribution in [1.82, 2.24) is 15.5 Å². The summed E-state index contributed by atoms with van der Waals surface area (Å²) in [6.07, 6.45) is 2.90. The molecule has 0 saturated carbocycles. The molecule has 0 aliphatic carbocycles. The zero-order chi connectivity index (χ0) is 14.5. The number of nitrogens with zero attached hydrogens (tertiary/aromatic N) is 1. The molecule has 1 aliphatic heterocycles. The maximum Gasteiger partial charge on any atom is 0.343 e. The van der Waals surface area contributed by atoms with Crippen molar-refractivity contribution < 1.29 is 14.3 Å². The number of hydrogen-bond acceptors (Lipinski definition) is 5. The average molecular weight is 280 g/mol. The Hall–Kier alpha value is -1.89. The smallest absolute Gasteiger partial charge is 0.343 e. The molecule has 0 bridgehead atoms. The number of carbonyl (C=O) groups excluding carboxylic acids is 2. The Morgan fingerprint density at radius 3 is 2.90 bits per heavy atom. The standard InChI is InChI=1S/C13H20N4O3/c1-3-20-13(19)10-8(2)16-17-11(10)15-12(18)9-6-4-5-7-14-9/h9,14H,3-7H2,1-2H3,(H2,15,16,17,18). The van der Waals surface area contributed by atoms with Gasteiger partial charge in [-0.1, -0.05) is 6.42 Å². The Morgan fingerprint density at radius 2 is 2.25 bits per heavy atom. The fourth-order valence-corrected chi connectivity index (χ4v) is 2.25. The fourth-order valence-electron chi connectivity index (χ4n) is 2.25. The Morgan fingerprint density at radius 1 is 1.45 bits per heavy atom. The summed E-state index contributed by atoms with van der Waals surface area (Å²) in [6, 6.07) is -0.226. The van der Waals surface area contributed by atoms with Crippen LogP contribution in [0.1, 0.15) is 42.2 Å². The Kier molecular flexibility index (Phi) is 4.73. The van der Waals surface area contributed by atoms with Gasteiger partial charge in [0, 0.05) is 5.69 Å². The molecule has 2 rings (SSSR count). The molecule has 1 aromatic heterocycles. The molecule has 1 atom stereocenters. The molecular formula is C13H20N4O3. The highest BCUT2D eigenvalue weighted by atomic mass is 16.5. The number of H-pyrrole nitrogens is 1. The molecule has 2 heterocycles. The number of piperidine rings is 1. The molecule has 20 heavy (non-hydrogen) atoms. The highest BCUT2D eigenvalue weighted by Crippen LogP contribution is 2.18. The maximum atomic E-state index is 12.1. The van der Waals surface area contributed by atoms with Crippen LogP contribution in [0, 0.1) is 6.92 Å². The number of aromatic nitrogens is 2. The van der Waals surface area contributed by atoms with Gasteiger partial charge in [-0.05, 0) is 33.2 Å². The van der Waals surface area contributed by atoms with Gasteiger partial charge in [0.25, 0.3) is 0 Å². The summed E-state index contributed by atoms with van der Waals surface area (Å²) in [7, 11) is 0. The van der Waals surface area contributed by atoms with E-state index in [1.165, 1.54) is 0 Å². The molecule has 1 amide bonds. The summed E-state index contributed by atoms with van der Waals surface area (Å²) >= 11 is 0. The first-order valence-electron chi connectivity index (χ1n) is 6.89. The van der Waals surface area contributed by atoms with Crippen LogP contribution in [-0.4, -0.2) is 41.3 Å². The summed E-state index contributed by atoms with van der Waals surface area (Å²) in [5.41, 5.74) is 0.867. The van der Waals surface area contributed by atoms with Gasteiger partial charge in [0.1, 0.15) is 5.56 Å². The van der Waals surface area contributed by atoms with Crippen LogP contribution in [0.25, 0.3) is 0 Å². The largest absolute Gasteiger partial charge is 0.462 e. The highest BCUT2D eigenvalue weighted by Gasteiger charge is 2.25. The van der Waals surface area contributed by atoms with E-state index in [-0.39, 0.29) is 29.9 Å². The van der Waals surface area contributed by atoms with Gasteiger partial charge in [0.15, 0.2) is 5.82 Å². The van der Waals surface area contributed by atoms with Crippen molar-refractivity contribution in [3.63, 3.8) is 0 Å². The van der Waals surface area contributed by atoms with Crippen molar-refractivity contribution in [2.24, 2.45) is 0 Å². The van der Waals surface area contributed by atoms with Gasteiger partial charge in [-0.2, -0.15) is 5.10 Å². The van der Waals surface area contributed by atoms with Crippen LogP contribution in [0.4, 0.5) is 5.82 Å². The lowest BCUT2D eigenvalue weighted by atomic mass is 10.0. The highest BCUT2D eigenvalue weighted by molar-refractivity contribution is 6.02. The first-order valence-corrected chi connectivity index (χ1v) is 6.89. The number of amides is 1. The normalized spacial score (nSPS) is 18.6. The van der Waals surface area contributed by atoms with Gasteiger partial charge in [-0.3, -0.25) is 9.89 Å². The second kappa shape index (κ2) is 6.51.